The monoisotopic (exact) mass is 253 g/mol. The summed E-state index contributed by atoms with van der Waals surface area (Å²) in [7, 11) is 0. The molecule has 0 saturated heterocycles. The summed E-state index contributed by atoms with van der Waals surface area (Å²) in [6.45, 7) is 4.25. The number of benzene rings is 2. The Morgan fingerprint density at radius 2 is 1.79 bits per heavy atom. The van der Waals surface area contributed by atoms with E-state index >= 15 is 0 Å². The number of aromatic hydroxyl groups is 1. The molecule has 1 aliphatic carbocycles. The Kier molecular flexibility index (Phi) is 2.94. The molecule has 2 N–H and O–H groups in total. The van der Waals surface area contributed by atoms with E-state index in [0.717, 1.165) is 12.8 Å². The van der Waals surface area contributed by atoms with Crippen molar-refractivity contribution in [3.63, 3.8) is 0 Å². The SMILES string of the molecule is Cc1cc(C)cc(NC2CCc3cc(O)ccc32)c1. The van der Waals surface area contributed by atoms with Gasteiger partial charge in [0.05, 0.1) is 6.04 Å². The Morgan fingerprint density at radius 3 is 2.53 bits per heavy atom. The van der Waals surface area contributed by atoms with Crippen LogP contribution in [0, 0.1) is 13.8 Å². The lowest BCUT2D eigenvalue weighted by Gasteiger charge is -2.16. The van der Waals surface area contributed by atoms with Gasteiger partial charge in [-0.1, -0.05) is 12.1 Å². The van der Waals surface area contributed by atoms with Crippen LogP contribution in [0.1, 0.15) is 34.7 Å². The molecule has 2 heteroatoms. The Balaban J connectivity index is 1.86. The topological polar surface area (TPSA) is 32.3 Å². The average molecular weight is 253 g/mol. The van der Waals surface area contributed by atoms with E-state index in [4.69, 9.17) is 0 Å². The van der Waals surface area contributed by atoms with Crippen LogP contribution in [0.4, 0.5) is 5.69 Å². The maximum atomic E-state index is 9.52. The quantitative estimate of drug-likeness (QED) is 0.844. The molecule has 19 heavy (non-hydrogen) atoms. The zero-order valence-electron chi connectivity index (χ0n) is 11.4. The van der Waals surface area contributed by atoms with Crippen molar-refractivity contribution in [3.8, 4) is 5.75 Å². The van der Waals surface area contributed by atoms with Crippen molar-refractivity contribution < 1.29 is 5.11 Å². The third kappa shape index (κ3) is 2.43. The van der Waals surface area contributed by atoms with Crippen LogP contribution in [-0.4, -0.2) is 5.11 Å². The molecule has 0 aromatic heterocycles. The van der Waals surface area contributed by atoms with Crippen molar-refractivity contribution in [3.05, 3.63) is 58.7 Å². The lowest BCUT2D eigenvalue weighted by atomic mass is 10.1. The molecule has 0 heterocycles. The van der Waals surface area contributed by atoms with Crippen LogP contribution in [0.2, 0.25) is 0 Å². The summed E-state index contributed by atoms with van der Waals surface area (Å²) in [6, 6.07) is 12.6. The largest absolute Gasteiger partial charge is 0.508 e. The first kappa shape index (κ1) is 12.1. The van der Waals surface area contributed by atoms with Gasteiger partial charge in [0, 0.05) is 5.69 Å². The molecule has 0 aliphatic heterocycles. The smallest absolute Gasteiger partial charge is 0.115 e. The molecule has 98 valence electrons. The van der Waals surface area contributed by atoms with Gasteiger partial charge in [0.15, 0.2) is 0 Å². The second kappa shape index (κ2) is 4.61. The summed E-state index contributed by atoms with van der Waals surface area (Å²) in [5.41, 5.74) is 6.33. The zero-order valence-corrected chi connectivity index (χ0v) is 11.4. The third-order valence-electron chi connectivity index (χ3n) is 3.77. The van der Waals surface area contributed by atoms with Crippen LogP contribution in [0.25, 0.3) is 0 Å². The highest BCUT2D eigenvalue weighted by molar-refractivity contribution is 5.52. The highest BCUT2D eigenvalue weighted by Gasteiger charge is 2.22. The highest BCUT2D eigenvalue weighted by Crippen LogP contribution is 2.35. The minimum Gasteiger partial charge on any atom is -0.508 e. The normalized spacial score (nSPS) is 17.3. The Labute approximate surface area is 114 Å². The summed E-state index contributed by atoms with van der Waals surface area (Å²) in [4.78, 5) is 0. The Bertz CT molecular complexity index is 598. The maximum Gasteiger partial charge on any atom is 0.115 e. The minimum atomic E-state index is 0.358. The molecule has 0 saturated carbocycles. The standard InChI is InChI=1S/C17H19NO/c1-11-7-12(2)9-14(8-11)18-17-6-3-13-10-15(19)4-5-16(13)17/h4-5,7-10,17-19H,3,6H2,1-2H3. The lowest BCUT2D eigenvalue weighted by Crippen LogP contribution is -2.07. The molecule has 1 aliphatic rings. The second-order valence-electron chi connectivity index (χ2n) is 5.50. The van der Waals surface area contributed by atoms with Crippen molar-refractivity contribution in [2.24, 2.45) is 0 Å². The number of aryl methyl sites for hydroxylation is 3. The van der Waals surface area contributed by atoms with Crippen molar-refractivity contribution in [2.45, 2.75) is 32.7 Å². The molecular weight excluding hydrogens is 234 g/mol. The number of anilines is 1. The Hall–Kier alpha value is -1.96. The first-order chi connectivity index (χ1) is 9.11. The number of fused-ring (bicyclic) bond motifs is 1. The van der Waals surface area contributed by atoms with Crippen molar-refractivity contribution >= 4 is 5.69 Å². The summed E-state index contributed by atoms with van der Waals surface area (Å²) in [6.07, 6.45) is 2.12. The molecule has 1 atom stereocenters. The van der Waals surface area contributed by atoms with Crippen LogP contribution in [-0.2, 0) is 6.42 Å². The number of phenolic OH excluding ortho intramolecular Hbond substituents is 1. The Morgan fingerprint density at radius 1 is 1.05 bits per heavy atom. The maximum absolute atomic E-state index is 9.52. The molecular formula is C17H19NO. The summed E-state index contributed by atoms with van der Waals surface area (Å²) in [5, 5.41) is 13.1. The minimum absolute atomic E-state index is 0.358. The molecule has 0 bridgehead atoms. The molecule has 2 nitrogen and oxygen atoms in total. The van der Waals surface area contributed by atoms with Gasteiger partial charge in [0.2, 0.25) is 0 Å². The third-order valence-corrected chi connectivity index (χ3v) is 3.77. The van der Waals surface area contributed by atoms with Crippen LogP contribution in [0.5, 0.6) is 5.75 Å². The molecule has 0 amide bonds. The molecule has 2 aromatic rings. The van der Waals surface area contributed by atoms with E-state index in [1.165, 1.54) is 27.9 Å². The van der Waals surface area contributed by atoms with Gasteiger partial charge >= 0.3 is 0 Å². The first-order valence-corrected chi connectivity index (χ1v) is 6.78. The van der Waals surface area contributed by atoms with E-state index in [1.54, 1.807) is 6.07 Å². The van der Waals surface area contributed by atoms with Crippen LogP contribution >= 0.6 is 0 Å². The van der Waals surface area contributed by atoms with E-state index in [2.05, 4.69) is 37.4 Å². The lowest BCUT2D eigenvalue weighted by molar-refractivity contribution is 0.474. The highest BCUT2D eigenvalue weighted by atomic mass is 16.3. The fraction of sp³-hybridized carbons (Fsp3) is 0.294. The molecule has 1 unspecified atom stereocenters. The summed E-state index contributed by atoms with van der Waals surface area (Å²) < 4.78 is 0. The summed E-state index contributed by atoms with van der Waals surface area (Å²) in [5.74, 6) is 0.366. The van der Waals surface area contributed by atoms with Crippen molar-refractivity contribution in [2.75, 3.05) is 5.32 Å². The van der Waals surface area contributed by atoms with Crippen LogP contribution in [0.15, 0.2) is 36.4 Å². The fourth-order valence-corrected chi connectivity index (χ4v) is 3.01. The van der Waals surface area contributed by atoms with Gasteiger partial charge in [-0.3, -0.25) is 0 Å². The summed E-state index contributed by atoms with van der Waals surface area (Å²) >= 11 is 0. The van der Waals surface area contributed by atoms with Gasteiger partial charge in [-0.05, 0) is 73.2 Å². The number of phenols is 1. The molecule has 2 aromatic carbocycles. The van der Waals surface area contributed by atoms with Crippen molar-refractivity contribution in [1.82, 2.24) is 0 Å². The average Bonchev–Trinajstić information content (AvgIpc) is 2.70. The predicted molar refractivity (Wildman–Crippen MR) is 78.7 cm³/mol. The predicted octanol–water partition coefficient (Wildman–Crippen LogP) is 4.11. The van der Waals surface area contributed by atoms with E-state index in [0.29, 0.717) is 11.8 Å². The number of rotatable bonds is 2. The van der Waals surface area contributed by atoms with Crippen LogP contribution < -0.4 is 5.32 Å². The van der Waals surface area contributed by atoms with E-state index < -0.39 is 0 Å². The van der Waals surface area contributed by atoms with Crippen LogP contribution in [0.3, 0.4) is 0 Å². The molecule has 0 fully saturated rings. The van der Waals surface area contributed by atoms with Gasteiger partial charge in [0.25, 0.3) is 0 Å². The van der Waals surface area contributed by atoms with Gasteiger partial charge in [-0.15, -0.1) is 0 Å². The van der Waals surface area contributed by atoms with E-state index in [1.807, 2.05) is 12.1 Å². The van der Waals surface area contributed by atoms with Crippen molar-refractivity contribution in [1.29, 1.82) is 0 Å². The van der Waals surface area contributed by atoms with Gasteiger partial charge in [-0.25, -0.2) is 0 Å². The van der Waals surface area contributed by atoms with Gasteiger partial charge < -0.3 is 10.4 Å². The van der Waals surface area contributed by atoms with E-state index in [-0.39, 0.29) is 0 Å². The second-order valence-corrected chi connectivity index (χ2v) is 5.50. The zero-order chi connectivity index (χ0) is 13.4. The number of hydrogen-bond donors (Lipinski definition) is 2. The molecule has 0 spiro atoms. The molecule has 0 radical (unpaired) electrons. The van der Waals surface area contributed by atoms with E-state index in [9.17, 15) is 5.11 Å². The molecule has 3 rings (SSSR count). The number of hydrogen-bond acceptors (Lipinski definition) is 2. The van der Waals surface area contributed by atoms with Gasteiger partial charge in [-0.2, -0.15) is 0 Å². The van der Waals surface area contributed by atoms with Gasteiger partial charge in [0.1, 0.15) is 5.75 Å². The fourth-order valence-electron chi connectivity index (χ4n) is 3.01. The number of nitrogens with one attached hydrogen (secondary N) is 1. The first-order valence-electron chi connectivity index (χ1n) is 6.78.